The number of hydrogen-bond acceptors (Lipinski definition) is 3. The normalized spacial score (nSPS) is 15.0. The van der Waals surface area contributed by atoms with Crippen LogP contribution in [-0.4, -0.2) is 9.97 Å². The van der Waals surface area contributed by atoms with Crippen molar-refractivity contribution in [1.82, 2.24) is 9.97 Å². The van der Waals surface area contributed by atoms with E-state index >= 15 is 0 Å². The molecule has 0 radical (unpaired) electrons. The highest BCUT2D eigenvalue weighted by Crippen LogP contribution is 2.21. The SMILES string of the molecule is CCc1ccc(-c2nc3c(c(=O)[nH]2)CCCCC3)o1. The van der Waals surface area contributed by atoms with Crippen molar-refractivity contribution < 1.29 is 4.42 Å². The molecule has 0 unspecified atom stereocenters. The Hall–Kier alpha value is -1.84. The predicted molar refractivity (Wildman–Crippen MR) is 73.2 cm³/mol. The molecular weight excluding hydrogens is 240 g/mol. The van der Waals surface area contributed by atoms with E-state index in [2.05, 4.69) is 9.97 Å². The molecular formula is C15H18N2O2. The van der Waals surface area contributed by atoms with Gasteiger partial charge in [0.1, 0.15) is 5.76 Å². The number of aryl methyl sites for hydroxylation is 2. The molecule has 0 saturated carbocycles. The van der Waals surface area contributed by atoms with Gasteiger partial charge >= 0.3 is 0 Å². The summed E-state index contributed by atoms with van der Waals surface area (Å²) in [4.78, 5) is 19.6. The summed E-state index contributed by atoms with van der Waals surface area (Å²) in [5.74, 6) is 2.12. The number of nitrogens with one attached hydrogen (secondary N) is 1. The topological polar surface area (TPSA) is 58.9 Å². The maximum absolute atomic E-state index is 12.1. The number of rotatable bonds is 2. The summed E-state index contributed by atoms with van der Waals surface area (Å²) in [7, 11) is 0. The van der Waals surface area contributed by atoms with Crippen molar-refractivity contribution in [3.63, 3.8) is 0 Å². The molecule has 0 atom stereocenters. The van der Waals surface area contributed by atoms with Crippen LogP contribution in [0, 0.1) is 0 Å². The first-order valence-electron chi connectivity index (χ1n) is 6.99. The average molecular weight is 258 g/mol. The Morgan fingerprint density at radius 1 is 1.26 bits per heavy atom. The van der Waals surface area contributed by atoms with Gasteiger partial charge in [0, 0.05) is 12.0 Å². The van der Waals surface area contributed by atoms with Crippen LogP contribution in [0.1, 0.15) is 43.2 Å². The Labute approximate surface area is 111 Å². The van der Waals surface area contributed by atoms with Crippen molar-refractivity contribution in [2.75, 3.05) is 0 Å². The van der Waals surface area contributed by atoms with Crippen molar-refractivity contribution in [2.45, 2.75) is 45.4 Å². The lowest BCUT2D eigenvalue weighted by Crippen LogP contribution is -2.17. The maximum atomic E-state index is 12.1. The van der Waals surface area contributed by atoms with Crippen molar-refractivity contribution in [1.29, 1.82) is 0 Å². The van der Waals surface area contributed by atoms with Crippen molar-refractivity contribution in [3.8, 4) is 11.6 Å². The molecule has 0 aromatic carbocycles. The van der Waals surface area contributed by atoms with E-state index in [1.807, 2.05) is 19.1 Å². The van der Waals surface area contributed by atoms with Gasteiger partial charge in [-0.2, -0.15) is 0 Å². The average Bonchev–Trinajstić information content (AvgIpc) is 2.77. The van der Waals surface area contributed by atoms with E-state index in [9.17, 15) is 4.79 Å². The van der Waals surface area contributed by atoms with Gasteiger partial charge in [0.2, 0.25) is 0 Å². The minimum Gasteiger partial charge on any atom is -0.458 e. The van der Waals surface area contributed by atoms with Crippen LogP contribution in [0.4, 0.5) is 0 Å². The summed E-state index contributed by atoms with van der Waals surface area (Å²) in [5.41, 5.74) is 1.81. The van der Waals surface area contributed by atoms with Gasteiger partial charge in [0.25, 0.3) is 5.56 Å². The molecule has 100 valence electrons. The summed E-state index contributed by atoms with van der Waals surface area (Å²) in [5, 5.41) is 0. The Balaban J connectivity index is 2.06. The second-order valence-electron chi connectivity index (χ2n) is 5.02. The third-order valence-electron chi connectivity index (χ3n) is 3.68. The molecule has 2 aromatic heterocycles. The summed E-state index contributed by atoms with van der Waals surface area (Å²) in [6.07, 6.45) is 5.95. The summed E-state index contributed by atoms with van der Waals surface area (Å²) in [6, 6.07) is 3.81. The van der Waals surface area contributed by atoms with Crippen LogP contribution in [0.15, 0.2) is 21.3 Å². The van der Waals surface area contributed by atoms with E-state index in [-0.39, 0.29) is 5.56 Å². The molecule has 19 heavy (non-hydrogen) atoms. The van der Waals surface area contributed by atoms with E-state index in [4.69, 9.17) is 4.42 Å². The number of fused-ring (bicyclic) bond motifs is 1. The number of aromatic nitrogens is 2. The Morgan fingerprint density at radius 3 is 2.89 bits per heavy atom. The van der Waals surface area contributed by atoms with Crippen LogP contribution in [0.3, 0.4) is 0 Å². The van der Waals surface area contributed by atoms with Crippen molar-refractivity contribution >= 4 is 0 Å². The molecule has 1 N–H and O–H groups in total. The Morgan fingerprint density at radius 2 is 2.11 bits per heavy atom. The molecule has 0 bridgehead atoms. The van der Waals surface area contributed by atoms with Gasteiger partial charge in [-0.1, -0.05) is 13.3 Å². The highest BCUT2D eigenvalue weighted by atomic mass is 16.3. The van der Waals surface area contributed by atoms with Gasteiger partial charge in [0.05, 0.1) is 5.69 Å². The lowest BCUT2D eigenvalue weighted by atomic mass is 10.1. The molecule has 2 aromatic rings. The fraction of sp³-hybridized carbons (Fsp3) is 0.467. The second kappa shape index (κ2) is 5.03. The fourth-order valence-electron chi connectivity index (χ4n) is 2.59. The quantitative estimate of drug-likeness (QED) is 0.843. The largest absolute Gasteiger partial charge is 0.458 e. The molecule has 1 aliphatic rings. The van der Waals surface area contributed by atoms with Gasteiger partial charge in [-0.05, 0) is 37.8 Å². The summed E-state index contributed by atoms with van der Waals surface area (Å²) < 4.78 is 5.66. The molecule has 0 aliphatic heterocycles. The molecule has 3 rings (SSSR count). The Kier molecular flexibility index (Phi) is 3.23. The molecule has 0 fully saturated rings. The third kappa shape index (κ3) is 2.35. The number of aromatic amines is 1. The fourth-order valence-corrected chi connectivity index (χ4v) is 2.59. The highest BCUT2D eigenvalue weighted by molar-refractivity contribution is 5.47. The monoisotopic (exact) mass is 258 g/mol. The number of hydrogen-bond donors (Lipinski definition) is 1. The standard InChI is InChI=1S/C15H18N2O2/c1-2-10-8-9-13(19-10)14-16-12-7-5-3-4-6-11(12)15(18)17-14/h8-9H,2-7H2,1H3,(H,16,17,18). The van der Waals surface area contributed by atoms with Crippen LogP contribution in [0.2, 0.25) is 0 Å². The maximum Gasteiger partial charge on any atom is 0.254 e. The van der Waals surface area contributed by atoms with Gasteiger partial charge in [-0.15, -0.1) is 0 Å². The number of furan rings is 1. The molecule has 1 aliphatic carbocycles. The molecule has 0 spiro atoms. The summed E-state index contributed by atoms with van der Waals surface area (Å²) >= 11 is 0. The highest BCUT2D eigenvalue weighted by Gasteiger charge is 2.16. The predicted octanol–water partition coefficient (Wildman–Crippen LogP) is 2.86. The molecule has 2 heterocycles. The third-order valence-corrected chi connectivity index (χ3v) is 3.68. The summed E-state index contributed by atoms with van der Waals surface area (Å²) in [6.45, 7) is 2.04. The second-order valence-corrected chi connectivity index (χ2v) is 5.02. The first-order chi connectivity index (χ1) is 9.28. The molecule has 0 amide bonds. The zero-order valence-corrected chi connectivity index (χ0v) is 11.2. The van der Waals surface area contributed by atoms with Gasteiger partial charge < -0.3 is 9.40 Å². The first kappa shape index (κ1) is 12.2. The van der Waals surface area contributed by atoms with Crippen molar-refractivity contribution in [3.05, 3.63) is 39.5 Å². The molecule has 4 nitrogen and oxygen atoms in total. The minimum absolute atomic E-state index is 0.00338. The Bertz CT molecular complexity index is 640. The van der Waals surface area contributed by atoms with Gasteiger partial charge in [-0.3, -0.25) is 4.79 Å². The van der Waals surface area contributed by atoms with Crippen LogP contribution in [0.25, 0.3) is 11.6 Å². The minimum atomic E-state index is -0.00338. The van der Waals surface area contributed by atoms with Crippen molar-refractivity contribution in [2.24, 2.45) is 0 Å². The first-order valence-corrected chi connectivity index (χ1v) is 6.99. The molecule has 0 saturated heterocycles. The van der Waals surface area contributed by atoms with Gasteiger partial charge in [-0.25, -0.2) is 4.98 Å². The lowest BCUT2D eigenvalue weighted by Gasteiger charge is -2.05. The number of nitrogens with zero attached hydrogens (tertiary/aromatic N) is 1. The van der Waals surface area contributed by atoms with E-state index in [0.29, 0.717) is 11.6 Å². The van der Waals surface area contributed by atoms with Crippen LogP contribution >= 0.6 is 0 Å². The molecule has 4 heteroatoms. The zero-order valence-electron chi connectivity index (χ0n) is 11.2. The van der Waals surface area contributed by atoms with Gasteiger partial charge in [0.15, 0.2) is 11.6 Å². The smallest absolute Gasteiger partial charge is 0.254 e. The van der Waals surface area contributed by atoms with E-state index in [0.717, 1.165) is 49.1 Å². The van der Waals surface area contributed by atoms with Crippen LogP contribution < -0.4 is 5.56 Å². The zero-order chi connectivity index (χ0) is 13.2. The van der Waals surface area contributed by atoms with E-state index in [1.165, 1.54) is 6.42 Å². The number of H-pyrrole nitrogens is 1. The lowest BCUT2D eigenvalue weighted by molar-refractivity contribution is 0.525. The van der Waals surface area contributed by atoms with E-state index < -0.39 is 0 Å². The van der Waals surface area contributed by atoms with E-state index in [1.54, 1.807) is 0 Å². The van der Waals surface area contributed by atoms with Crippen LogP contribution in [-0.2, 0) is 19.3 Å². The van der Waals surface area contributed by atoms with Crippen LogP contribution in [0.5, 0.6) is 0 Å².